The molecule has 0 radical (unpaired) electrons. The van der Waals surface area contributed by atoms with Gasteiger partial charge in [0.15, 0.2) is 23.0 Å². The van der Waals surface area contributed by atoms with Crippen molar-refractivity contribution in [1.29, 1.82) is 5.26 Å². The number of para-hydroxylation sites is 2. The third-order valence-electron chi connectivity index (χ3n) is 7.47. The number of aromatic nitrogens is 1. The highest BCUT2D eigenvalue weighted by atomic mass is 16.5. The molecule has 0 aliphatic heterocycles. The average Bonchev–Trinajstić information content (AvgIpc) is 3.02. The molecular formula is C33H37N3O6. The van der Waals surface area contributed by atoms with Crippen LogP contribution in [0.15, 0.2) is 60.7 Å². The average molecular weight is 572 g/mol. The zero-order chi connectivity index (χ0) is 30.4. The second-order valence-corrected chi connectivity index (χ2v) is 10.1. The first-order valence-corrected chi connectivity index (χ1v) is 13.4. The van der Waals surface area contributed by atoms with Crippen molar-refractivity contribution in [2.45, 2.75) is 17.9 Å². The van der Waals surface area contributed by atoms with Crippen molar-refractivity contribution in [3.8, 4) is 34.9 Å². The molecule has 0 aliphatic rings. The Bertz CT molecular complexity index is 1600. The molecular weight excluding hydrogens is 534 g/mol. The van der Waals surface area contributed by atoms with Gasteiger partial charge < -0.3 is 33.7 Å². The van der Waals surface area contributed by atoms with E-state index in [0.29, 0.717) is 63.2 Å². The van der Waals surface area contributed by atoms with Crippen molar-refractivity contribution in [2.24, 2.45) is 0 Å². The molecule has 1 N–H and O–H groups in total. The van der Waals surface area contributed by atoms with E-state index in [1.165, 1.54) is 0 Å². The molecule has 9 nitrogen and oxygen atoms in total. The fourth-order valence-electron chi connectivity index (χ4n) is 5.49. The van der Waals surface area contributed by atoms with Crippen LogP contribution in [0.25, 0.3) is 10.9 Å². The Kier molecular flexibility index (Phi) is 9.41. The molecule has 1 aromatic heterocycles. The zero-order valence-electron chi connectivity index (χ0n) is 25.1. The summed E-state index contributed by atoms with van der Waals surface area (Å²) in [6.07, 6.45) is 0.286. The van der Waals surface area contributed by atoms with Gasteiger partial charge in [-0.2, -0.15) is 5.26 Å². The minimum Gasteiger partial charge on any atom is -0.493 e. The summed E-state index contributed by atoms with van der Waals surface area (Å²) in [5, 5.41) is 23.5. The van der Waals surface area contributed by atoms with Crippen LogP contribution < -0.4 is 23.7 Å². The maximum atomic E-state index is 13.2. The van der Waals surface area contributed by atoms with Gasteiger partial charge in [-0.1, -0.05) is 24.3 Å². The number of rotatable bonds is 12. The van der Waals surface area contributed by atoms with E-state index in [2.05, 4.69) is 6.07 Å². The molecule has 42 heavy (non-hydrogen) atoms. The molecule has 0 fully saturated rings. The first-order chi connectivity index (χ1) is 20.3. The number of methoxy groups -OCH3 is 5. The zero-order valence-corrected chi connectivity index (χ0v) is 25.1. The number of hydrogen-bond acceptors (Lipinski definition) is 9. The monoisotopic (exact) mass is 571 g/mol. The van der Waals surface area contributed by atoms with Crippen LogP contribution in [0.3, 0.4) is 0 Å². The molecule has 9 heteroatoms. The van der Waals surface area contributed by atoms with Gasteiger partial charge in [0, 0.05) is 28.6 Å². The second kappa shape index (κ2) is 13.0. The number of nitrogens with zero attached hydrogens (tertiary/aromatic N) is 3. The number of aliphatic hydroxyl groups is 1. The number of hydrogen-bond donors (Lipinski definition) is 1. The molecule has 220 valence electrons. The minimum atomic E-state index is -1.61. The highest BCUT2D eigenvalue weighted by molar-refractivity contribution is 5.82. The van der Waals surface area contributed by atoms with E-state index in [1.807, 2.05) is 49.3 Å². The van der Waals surface area contributed by atoms with Gasteiger partial charge in [0.2, 0.25) is 5.88 Å². The summed E-state index contributed by atoms with van der Waals surface area (Å²) in [6, 6.07) is 20.4. The summed E-state index contributed by atoms with van der Waals surface area (Å²) in [6.45, 7) is 0.529. The Morgan fingerprint density at radius 2 is 1.50 bits per heavy atom. The number of fused-ring (bicyclic) bond motifs is 1. The SMILES string of the molecule is COc1cccc(C(c2cc3cc(C#N)ccc3nc2OC)C(O)(CCN(C)C)c2cccc(OC)c2OC)c1OC. The first-order valence-electron chi connectivity index (χ1n) is 13.4. The van der Waals surface area contributed by atoms with Crippen LogP contribution in [0.5, 0.6) is 28.9 Å². The van der Waals surface area contributed by atoms with Crippen molar-refractivity contribution in [2.75, 3.05) is 56.2 Å². The van der Waals surface area contributed by atoms with Crippen LogP contribution in [-0.4, -0.2) is 71.2 Å². The Morgan fingerprint density at radius 1 is 0.833 bits per heavy atom. The molecule has 2 unspecified atom stereocenters. The second-order valence-electron chi connectivity index (χ2n) is 10.1. The normalized spacial score (nSPS) is 13.2. The Balaban J connectivity index is 2.18. The highest BCUT2D eigenvalue weighted by Crippen LogP contribution is 2.54. The van der Waals surface area contributed by atoms with Gasteiger partial charge in [-0.3, -0.25) is 0 Å². The van der Waals surface area contributed by atoms with E-state index in [0.717, 1.165) is 5.39 Å². The van der Waals surface area contributed by atoms with E-state index < -0.39 is 11.5 Å². The molecule has 0 spiro atoms. The fraction of sp³-hybridized carbons (Fsp3) is 0.333. The Morgan fingerprint density at radius 3 is 2.10 bits per heavy atom. The summed E-state index contributed by atoms with van der Waals surface area (Å²) in [5.41, 5.74) is 1.31. The van der Waals surface area contributed by atoms with Crippen LogP contribution in [-0.2, 0) is 5.60 Å². The number of nitriles is 1. The van der Waals surface area contributed by atoms with Crippen LogP contribution >= 0.6 is 0 Å². The van der Waals surface area contributed by atoms with Gasteiger partial charge in [-0.15, -0.1) is 0 Å². The lowest BCUT2D eigenvalue weighted by Gasteiger charge is -2.40. The highest BCUT2D eigenvalue weighted by Gasteiger charge is 2.46. The molecule has 0 aliphatic carbocycles. The fourth-order valence-corrected chi connectivity index (χ4v) is 5.49. The quantitative estimate of drug-likeness (QED) is 0.248. The van der Waals surface area contributed by atoms with Crippen LogP contribution in [0.1, 0.15) is 34.6 Å². The van der Waals surface area contributed by atoms with E-state index in [-0.39, 0.29) is 6.42 Å². The lowest BCUT2D eigenvalue weighted by molar-refractivity contribution is 0.000899. The Hall–Kier alpha value is -4.52. The van der Waals surface area contributed by atoms with E-state index in [1.54, 1.807) is 65.9 Å². The van der Waals surface area contributed by atoms with Gasteiger partial charge in [-0.05, 0) is 56.9 Å². The molecule has 1 heterocycles. The molecule has 0 saturated heterocycles. The molecule has 0 amide bonds. The predicted octanol–water partition coefficient (Wildman–Crippen LogP) is 5.12. The van der Waals surface area contributed by atoms with Gasteiger partial charge in [0.1, 0.15) is 5.60 Å². The summed E-state index contributed by atoms with van der Waals surface area (Å²) >= 11 is 0. The summed E-state index contributed by atoms with van der Waals surface area (Å²) in [5.74, 6) is 1.38. The lowest BCUT2D eigenvalue weighted by Crippen LogP contribution is -2.38. The standard InChI is InChI=1S/C33H37N3O6/c1-36(2)17-16-33(37,25-11-9-13-28(39-4)31(25)41-6)29(23-10-8-12-27(38-3)30(23)40-5)24-19-22-18-21(20-34)14-15-26(22)35-32(24)42-7/h8-15,18-19,29,37H,16-17H2,1-7H3. The third-order valence-corrected chi connectivity index (χ3v) is 7.47. The van der Waals surface area contributed by atoms with Gasteiger partial charge in [0.25, 0.3) is 0 Å². The van der Waals surface area contributed by atoms with Crippen LogP contribution in [0.2, 0.25) is 0 Å². The molecule has 2 atom stereocenters. The van der Waals surface area contributed by atoms with Crippen molar-refractivity contribution >= 4 is 10.9 Å². The van der Waals surface area contributed by atoms with Crippen molar-refractivity contribution in [1.82, 2.24) is 9.88 Å². The van der Waals surface area contributed by atoms with E-state index >= 15 is 0 Å². The number of benzene rings is 3. The molecule has 0 saturated carbocycles. The van der Waals surface area contributed by atoms with Gasteiger partial charge in [0.05, 0.1) is 58.6 Å². The number of pyridine rings is 1. The molecule has 3 aromatic carbocycles. The summed E-state index contributed by atoms with van der Waals surface area (Å²) in [4.78, 5) is 6.82. The maximum absolute atomic E-state index is 13.2. The summed E-state index contributed by atoms with van der Waals surface area (Å²) < 4.78 is 29.0. The van der Waals surface area contributed by atoms with Crippen molar-refractivity contribution in [3.63, 3.8) is 0 Å². The smallest absolute Gasteiger partial charge is 0.217 e. The predicted molar refractivity (Wildman–Crippen MR) is 161 cm³/mol. The van der Waals surface area contributed by atoms with E-state index in [4.69, 9.17) is 28.7 Å². The van der Waals surface area contributed by atoms with Crippen LogP contribution in [0, 0.1) is 11.3 Å². The van der Waals surface area contributed by atoms with Gasteiger partial charge in [-0.25, -0.2) is 4.98 Å². The third kappa shape index (κ3) is 5.64. The molecule has 0 bridgehead atoms. The molecule has 4 rings (SSSR count). The first kappa shape index (κ1) is 30.4. The lowest BCUT2D eigenvalue weighted by atomic mass is 9.71. The Labute approximate surface area is 246 Å². The number of ether oxygens (including phenoxy) is 5. The van der Waals surface area contributed by atoms with Crippen LogP contribution in [0.4, 0.5) is 0 Å². The molecule has 4 aromatic rings. The van der Waals surface area contributed by atoms with Crippen molar-refractivity contribution in [3.05, 3.63) is 82.9 Å². The van der Waals surface area contributed by atoms with E-state index in [9.17, 15) is 10.4 Å². The maximum Gasteiger partial charge on any atom is 0.217 e. The minimum absolute atomic E-state index is 0.286. The van der Waals surface area contributed by atoms with Gasteiger partial charge >= 0.3 is 0 Å². The van der Waals surface area contributed by atoms with Crippen molar-refractivity contribution < 1.29 is 28.8 Å². The largest absolute Gasteiger partial charge is 0.493 e. The summed E-state index contributed by atoms with van der Waals surface area (Å²) in [7, 11) is 11.7. The topological polar surface area (TPSA) is 106 Å².